The number of benzene rings is 1. The lowest BCUT2D eigenvalue weighted by Gasteiger charge is -2.12. The van der Waals surface area contributed by atoms with Crippen LogP contribution >= 0.6 is 15.9 Å². The molecule has 4 nitrogen and oxygen atoms in total. The molecule has 0 aliphatic carbocycles. The lowest BCUT2D eigenvalue weighted by atomic mass is 10.0. The zero-order valence-corrected chi connectivity index (χ0v) is 11.5. The SMILES string of the molecule is CCOC(=O)Cc1c(C#N)cc(Br)cc1OC(F)F. The van der Waals surface area contributed by atoms with Gasteiger partial charge in [-0.3, -0.25) is 4.79 Å². The zero-order chi connectivity index (χ0) is 14.4. The first-order valence-electron chi connectivity index (χ1n) is 5.30. The molecular weight excluding hydrogens is 324 g/mol. The minimum absolute atomic E-state index is 0.0816. The molecule has 7 heteroatoms. The number of alkyl halides is 2. The maximum atomic E-state index is 12.3. The predicted octanol–water partition coefficient (Wildman–Crippen LogP) is 3.03. The van der Waals surface area contributed by atoms with Crippen LogP contribution in [0, 0.1) is 11.3 Å². The number of hydrogen-bond donors (Lipinski definition) is 0. The van der Waals surface area contributed by atoms with Gasteiger partial charge >= 0.3 is 12.6 Å². The summed E-state index contributed by atoms with van der Waals surface area (Å²) in [6.07, 6.45) is -0.300. The van der Waals surface area contributed by atoms with Gasteiger partial charge in [0.2, 0.25) is 0 Å². The normalized spacial score (nSPS) is 10.1. The van der Waals surface area contributed by atoms with E-state index in [2.05, 4.69) is 20.7 Å². The summed E-state index contributed by atoms with van der Waals surface area (Å²) in [6, 6.07) is 4.54. The molecular formula is C12H10BrF2NO3. The number of carbonyl (C=O) groups excluding carboxylic acids is 1. The minimum Gasteiger partial charge on any atom is -0.466 e. The first-order valence-corrected chi connectivity index (χ1v) is 6.10. The number of esters is 1. The molecule has 1 aromatic rings. The fourth-order valence-corrected chi connectivity index (χ4v) is 1.89. The third-order valence-corrected chi connectivity index (χ3v) is 2.59. The molecule has 0 bridgehead atoms. The molecule has 0 N–H and O–H groups in total. The molecule has 0 radical (unpaired) electrons. The molecule has 0 aliphatic heterocycles. The van der Waals surface area contributed by atoms with Crippen molar-refractivity contribution in [3.8, 4) is 11.8 Å². The molecule has 0 saturated carbocycles. The van der Waals surface area contributed by atoms with Crippen molar-refractivity contribution in [2.24, 2.45) is 0 Å². The van der Waals surface area contributed by atoms with E-state index < -0.39 is 12.6 Å². The van der Waals surface area contributed by atoms with Crippen LogP contribution in [0.5, 0.6) is 5.75 Å². The Bertz CT molecular complexity index is 514. The predicted molar refractivity (Wildman–Crippen MR) is 65.8 cm³/mol. The summed E-state index contributed by atoms with van der Waals surface area (Å²) in [4.78, 5) is 11.4. The largest absolute Gasteiger partial charge is 0.466 e. The lowest BCUT2D eigenvalue weighted by Crippen LogP contribution is -2.12. The fraction of sp³-hybridized carbons (Fsp3) is 0.333. The lowest BCUT2D eigenvalue weighted by molar-refractivity contribution is -0.142. The molecule has 0 spiro atoms. The van der Waals surface area contributed by atoms with E-state index in [0.717, 1.165) is 0 Å². The highest BCUT2D eigenvalue weighted by Gasteiger charge is 2.18. The second-order valence-corrected chi connectivity index (χ2v) is 4.32. The Morgan fingerprint density at radius 3 is 2.74 bits per heavy atom. The highest BCUT2D eigenvalue weighted by Crippen LogP contribution is 2.29. The average Bonchev–Trinajstić information content (AvgIpc) is 2.31. The van der Waals surface area contributed by atoms with Crippen LogP contribution in [-0.2, 0) is 16.0 Å². The smallest absolute Gasteiger partial charge is 0.387 e. The Labute approximate surface area is 117 Å². The van der Waals surface area contributed by atoms with Crippen LogP contribution in [0.15, 0.2) is 16.6 Å². The fourth-order valence-electron chi connectivity index (χ4n) is 1.45. The van der Waals surface area contributed by atoms with Gasteiger partial charge in [0, 0.05) is 10.0 Å². The van der Waals surface area contributed by atoms with Gasteiger partial charge in [0.1, 0.15) is 5.75 Å². The van der Waals surface area contributed by atoms with E-state index in [-0.39, 0.29) is 29.9 Å². The Morgan fingerprint density at radius 1 is 1.53 bits per heavy atom. The highest BCUT2D eigenvalue weighted by atomic mass is 79.9. The van der Waals surface area contributed by atoms with E-state index in [0.29, 0.717) is 4.47 Å². The third kappa shape index (κ3) is 4.48. The highest BCUT2D eigenvalue weighted by molar-refractivity contribution is 9.10. The topological polar surface area (TPSA) is 59.3 Å². The number of ether oxygens (including phenoxy) is 2. The Hall–Kier alpha value is -1.68. The zero-order valence-electron chi connectivity index (χ0n) is 9.95. The molecule has 102 valence electrons. The third-order valence-electron chi connectivity index (χ3n) is 2.14. The summed E-state index contributed by atoms with van der Waals surface area (Å²) in [7, 11) is 0. The molecule has 0 heterocycles. The van der Waals surface area contributed by atoms with Gasteiger partial charge in [0.25, 0.3) is 0 Å². The van der Waals surface area contributed by atoms with Gasteiger partial charge in [0.05, 0.1) is 24.7 Å². The van der Waals surface area contributed by atoms with Crippen LogP contribution in [0.3, 0.4) is 0 Å². The van der Waals surface area contributed by atoms with E-state index in [1.807, 2.05) is 6.07 Å². The molecule has 0 unspecified atom stereocenters. The van der Waals surface area contributed by atoms with E-state index in [9.17, 15) is 13.6 Å². The van der Waals surface area contributed by atoms with Crippen LogP contribution in [-0.4, -0.2) is 19.2 Å². The first-order chi connectivity index (χ1) is 8.97. The van der Waals surface area contributed by atoms with Crippen molar-refractivity contribution in [1.29, 1.82) is 5.26 Å². The van der Waals surface area contributed by atoms with E-state index in [4.69, 9.17) is 10.00 Å². The Kier molecular flexibility index (Phi) is 5.70. The molecule has 19 heavy (non-hydrogen) atoms. The summed E-state index contributed by atoms with van der Waals surface area (Å²) in [6.45, 7) is -1.24. The Balaban J connectivity index is 3.17. The number of halogens is 3. The molecule has 0 atom stereocenters. The van der Waals surface area contributed by atoms with Crippen molar-refractivity contribution < 1.29 is 23.0 Å². The summed E-state index contributed by atoms with van der Waals surface area (Å²) >= 11 is 3.08. The van der Waals surface area contributed by atoms with Crippen LogP contribution in [0.2, 0.25) is 0 Å². The monoisotopic (exact) mass is 333 g/mol. The number of carbonyl (C=O) groups is 1. The number of hydrogen-bond acceptors (Lipinski definition) is 4. The Morgan fingerprint density at radius 2 is 2.21 bits per heavy atom. The summed E-state index contributed by atoms with van der Waals surface area (Å²) < 4.78 is 34.1. The average molecular weight is 334 g/mol. The number of rotatable bonds is 5. The number of nitrogens with zero attached hydrogens (tertiary/aromatic N) is 1. The minimum atomic E-state index is -3.04. The summed E-state index contributed by atoms with van der Waals surface area (Å²) in [5.41, 5.74) is 0.169. The van der Waals surface area contributed by atoms with E-state index in [1.54, 1.807) is 6.92 Å². The molecule has 0 amide bonds. The van der Waals surface area contributed by atoms with E-state index >= 15 is 0 Å². The molecule has 0 saturated heterocycles. The number of nitriles is 1. The maximum Gasteiger partial charge on any atom is 0.387 e. The van der Waals surface area contributed by atoms with Crippen LogP contribution < -0.4 is 4.74 Å². The summed E-state index contributed by atoms with van der Waals surface area (Å²) in [5.74, 6) is -0.825. The molecule has 0 fully saturated rings. The van der Waals surface area contributed by atoms with Crippen LogP contribution in [0.25, 0.3) is 0 Å². The van der Waals surface area contributed by atoms with Gasteiger partial charge in [-0.1, -0.05) is 15.9 Å². The van der Waals surface area contributed by atoms with Gasteiger partial charge < -0.3 is 9.47 Å². The van der Waals surface area contributed by atoms with Gasteiger partial charge in [-0.15, -0.1) is 0 Å². The van der Waals surface area contributed by atoms with Crippen molar-refractivity contribution in [1.82, 2.24) is 0 Å². The van der Waals surface area contributed by atoms with Crippen molar-refractivity contribution in [2.45, 2.75) is 20.0 Å². The van der Waals surface area contributed by atoms with Gasteiger partial charge in [-0.05, 0) is 19.1 Å². The van der Waals surface area contributed by atoms with Crippen molar-refractivity contribution in [3.05, 3.63) is 27.7 Å². The van der Waals surface area contributed by atoms with Crippen molar-refractivity contribution in [3.63, 3.8) is 0 Å². The van der Waals surface area contributed by atoms with Crippen molar-refractivity contribution in [2.75, 3.05) is 6.61 Å². The first kappa shape index (κ1) is 15.4. The van der Waals surface area contributed by atoms with Gasteiger partial charge in [0.15, 0.2) is 0 Å². The molecule has 0 aromatic heterocycles. The quantitative estimate of drug-likeness (QED) is 0.777. The van der Waals surface area contributed by atoms with Crippen LogP contribution in [0.4, 0.5) is 8.78 Å². The molecule has 0 aliphatic rings. The van der Waals surface area contributed by atoms with E-state index in [1.165, 1.54) is 12.1 Å². The second kappa shape index (κ2) is 7.04. The molecule has 1 rings (SSSR count). The molecule has 1 aromatic carbocycles. The maximum absolute atomic E-state index is 12.3. The van der Waals surface area contributed by atoms with Gasteiger partial charge in [-0.25, -0.2) is 0 Å². The van der Waals surface area contributed by atoms with Crippen LogP contribution in [0.1, 0.15) is 18.1 Å². The second-order valence-electron chi connectivity index (χ2n) is 3.40. The summed E-state index contributed by atoms with van der Waals surface area (Å²) in [5, 5.41) is 8.98. The standard InChI is InChI=1S/C12H10BrF2NO3/c1-2-18-11(17)5-9-7(6-16)3-8(13)4-10(9)19-12(14)15/h3-4,12H,2,5H2,1H3. The van der Waals surface area contributed by atoms with Crippen molar-refractivity contribution >= 4 is 21.9 Å². The van der Waals surface area contributed by atoms with Gasteiger partial charge in [-0.2, -0.15) is 14.0 Å².